The zero-order chi connectivity index (χ0) is 11.1. The van der Waals surface area contributed by atoms with E-state index in [1.165, 1.54) is 17.2 Å². The average Bonchev–Trinajstić information content (AvgIpc) is 3.02. The molecule has 1 amide bonds. The molecule has 0 N–H and O–H groups in total. The molecule has 1 atom stereocenters. The maximum absolute atomic E-state index is 12.9. The normalized spacial score (nSPS) is 24.7. The molecule has 1 saturated heterocycles. The van der Waals surface area contributed by atoms with Gasteiger partial charge in [-0.2, -0.15) is 9.37 Å². The zero-order valence-corrected chi connectivity index (χ0v) is 8.47. The number of carbonyl (C=O) groups is 1. The smallest absolute Gasteiger partial charge is 0.415 e. The Hall–Kier alpha value is -1.72. The second kappa shape index (κ2) is 3.40. The predicted octanol–water partition coefficient (Wildman–Crippen LogP) is 1.35. The number of nitrogens with zero attached hydrogens (tertiary/aromatic N) is 3. The number of hydrogen-bond donors (Lipinski definition) is 0. The molecule has 5 nitrogen and oxygen atoms in total. The Morgan fingerprint density at radius 3 is 3.00 bits per heavy atom. The van der Waals surface area contributed by atoms with Gasteiger partial charge in [0.2, 0.25) is 0 Å². The summed E-state index contributed by atoms with van der Waals surface area (Å²) in [5.41, 5.74) is 0. The van der Waals surface area contributed by atoms with Crippen LogP contribution in [0.2, 0.25) is 0 Å². The average molecular weight is 223 g/mol. The number of carbonyl (C=O) groups excluding carboxylic acids is 1. The predicted molar refractivity (Wildman–Crippen MR) is 52.3 cm³/mol. The molecule has 1 aliphatic carbocycles. The van der Waals surface area contributed by atoms with Crippen molar-refractivity contribution in [1.29, 1.82) is 0 Å². The number of anilines is 1. The number of rotatable bonds is 2. The second-order valence-corrected chi connectivity index (χ2v) is 4.04. The molecule has 0 aromatic carbocycles. The first-order valence-electron chi connectivity index (χ1n) is 5.20. The maximum Gasteiger partial charge on any atom is 0.415 e. The van der Waals surface area contributed by atoms with Gasteiger partial charge in [0.05, 0.1) is 6.04 Å². The van der Waals surface area contributed by atoms with Crippen molar-refractivity contribution >= 4 is 11.9 Å². The Labute approximate surface area is 91.2 Å². The lowest BCUT2D eigenvalue weighted by Crippen LogP contribution is -2.35. The minimum absolute atomic E-state index is 0.00167. The van der Waals surface area contributed by atoms with Gasteiger partial charge in [-0.15, -0.1) is 0 Å². The van der Waals surface area contributed by atoms with Crippen molar-refractivity contribution in [3.63, 3.8) is 0 Å². The standard InChI is InChI=1S/C10H10FN3O2/c11-9-12-4-3-8(13-9)14-7(6-1-2-6)5-16-10(14)15/h3-4,6-7H,1-2,5H2/t7-/m1/s1. The minimum atomic E-state index is -0.827. The lowest BCUT2D eigenvalue weighted by atomic mass is 10.2. The maximum atomic E-state index is 12.9. The van der Waals surface area contributed by atoms with Crippen LogP contribution in [-0.4, -0.2) is 28.7 Å². The van der Waals surface area contributed by atoms with E-state index in [1.54, 1.807) is 0 Å². The Morgan fingerprint density at radius 1 is 1.50 bits per heavy atom. The number of hydrogen-bond acceptors (Lipinski definition) is 4. The molecular formula is C10H10FN3O2. The van der Waals surface area contributed by atoms with E-state index >= 15 is 0 Å². The zero-order valence-electron chi connectivity index (χ0n) is 8.47. The topological polar surface area (TPSA) is 55.3 Å². The van der Waals surface area contributed by atoms with Gasteiger partial charge in [-0.25, -0.2) is 9.78 Å². The van der Waals surface area contributed by atoms with Crippen LogP contribution in [-0.2, 0) is 4.74 Å². The summed E-state index contributed by atoms with van der Waals surface area (Å²) in [6, 6.07) is 1.52. The number of cyclic esters (lactones) is 1. The Morgan fingerprint density at radius 2 is 2.31 bits per heavy atom. The van der Waals surface area contributed by atoms with Crippen molar-refractivity contribution in [1.82, 2.24) is 9.97 Å². The van der Waals surface area contributed by atoms with Gasteiger partial charge in [0.25, 0.3) is 0 Å². The van der Waals surface area contributed by atoms with Gasteiger partial charge < -0.3 is 4.74 Å². The van der Waals surface area contributed by atoms with Gasteiger partial charge >= 0.3 is 12.2 Å². The first kappa shape index (κ1) is 9.50. The van der Waals surface area contributed by atoms with Crippen LogP contribution in [0.15, 0.2) is 12.3 Å². The number of halogens is 1. The van der Waals surface area contributed by atoms with Gasteiger partial charge in [-0.05, 0) is 24.8 Å². The van der Waals surface area contributed by atoms with Crippen LogP contribution in [0.3, 0.4) is 0 Å². The molecule has 1 aliphatic heterocycles. The Kier molecular flexibility index (Phi) is 2.02. The van der Waals surface area contributed by atoms with Crippen molar-refractivity contribution in [2.24, 2.45) is 5.92 Å². The van der Waals surface area contributed by atoms with Gasteiger partial charge in [0.1, 0.15) is 12.4 Å². The van der Waals surface area contributed by atoms with E-state index in [4.69, 9.17) is 4.74 Å². The van der Waals surface area contributed by atoms with Crippen molar-refractivity contribution in [2.75, 3.05) is 11.5 Å². The molecule has 84 valence electrons. The minimum Gasteiger partial charge on any atom is -0.447 e. The lowest BCUT2D eigenvalue weighted by Gasteiger charge is -2.19. The Bertz CT molecular complexity index is 436. The fourth-order valence-electron chi connectivity index (χ4n) is 1.99. The molecule has 2 aliphatic rings. The molecule has 0 bridgehead atoms. The largest absolute Gasteiger partial charge is 0.447 e. The highest BCUT2D eigenvalue weighted by Crippen LogP contribution is 2.39. The summed E-state index contributed by atoms with van der Waals surface area (Å²) in [6.45, 7) is 0.370. The van der Waals surface area contributed by atoms with Gasteiger partial charge in [0.15, 0.2) is 0 Å². The first-order chi connectivity index (χ1) is 7.75. The third-order valence-corrected chi connectivity index (χ3v) is 2.93. The molecule has 6 heteroatoms. The number of ether oxygens (including phenoxy) is 1. The van der Waals surface area contributed by atoms with E-state index in [2.05, 4.69) is 9.97 Å². The van der Waals surface area contributed by atoms with E-state index in [1.807, 2.05) is 0 Å². The molecule has 2 fully saturated rings. The summed E-state index contributed by atoms with van der Waals surface area (Å²) < 4.78 is 17.9. The third-order valence-electron chi connectivity index (χ3n) is 2.93. The van der Waals surface area contributed by atoms with Crippen molar-refractivity contribution in [2.45, 2.75) is 18.9 Å². The molecule has 0 radical (unpaired) electrons. The third kappa shape index (κ3) is 1.50. The summed E-state index contributed by atoms with van der Waals surface area (Å²) in [5.74, 6) is 0.747. The molecule has 1 aromatic rings. The highest BCUT2D eigenvalue weighted by atomic mass is 19.1. The summed E-state index contributed by atoms with van der Waals surface area (Å²) in [4.78, 5) is 20.0. The number of aromatic nitrogens is 2. The molecule has 16 heavy (non-hydrogen) atoms. The monoisotopic (exact) mass is 223 g/mol. The van der Waals surface area contributed by atoms with Gasteiger partial charge in [0, 0.05) is 6.20 Å². The van der Waals surface area contributed by atoms with Crippen molar-refractivity contribution < 1.29 is 13.9 Å². The van der Waals surface area contributed by atoms with Crippen molar-refractivity contribution in [3.05, 3.63) is 18.3 Å². The molecule has 0 unspecified atom stereocenters. The highest BCUT2D eigenvalue weighted by molar-refractivity contribution is 5.89. The summed E-state index contributed by atoms with van der Waals surface area (Å²) >= 11 is 0. The van der Waals surface area contributed by atoms with Crippen molar-refractivity contribution in [3.8, 4) is 0 Å². The van der Waals surface area contributed by atoms with Crippen LogP contribution in [0.5, 0.6) is 0 Å². The molecule has 1 aromatic heterocycles. The molecule has 3 rings (SSSR count). The SMILES string of the molecule is O=C1OC[C@H](C2CC2)N1c1ccnc(F)n1. The van der Waals surface area contributed by atoms with E-state index < -0.39 is 12.2 Å². The van der Waals surface area contributed by atoms with Crippen LogP contribution < -0.4 is 4.90 Å². The molecule has 0 spiro atoms. The van der Waals surface area contributed by atoms with Crippen LogP contribution in [0.25, 0.3) is 0 Å². The van der Waals surface area contributed by atoms with E-state index in [9.17, 15) is 9.18 Å². The molecule has 1 saturated carbocycles. The van der Waals surface area contributed by atoms with Crippen LogP contribution in [0.1, 0.15) is 12.8 Å². The number of amides is 1. The van der Waals surface area contributed by atoms with E-state index in [0.717, 1.165) is 12.8 Å². The second-order valence-electron chi connectivity index (χ2n) is 4.04. The first-order valence-corrected chi connectivity index (χ1v) is 5.20. The fraction of sp³-hybridized carbons (Fsp3) is 0.500. The quantitative estimate of drug-likeness (QED) is 0.710. The van der Waals surface area contributed by atoms with Crippen LogP contribution in [0.4, 0.5) is 15.0 Å². The summed E-state index contributed by atoms with van der Waals surface area (Å²) in [5, 5.41) is 0. The van der Waals surface area contributed by atoms with Crippen LogP contribution >= 0.6 is 0 Å². The van der Waals surface area contributed by atoms with Crippen LogP contribution in [0, 0.1) is 12.0 Å². The molecular weight excluding hydrogens is 213 g/mol. The van der Waals surface area contributed by atoms with E-state index in [-0.39, 0.29) is 11.9 Å². The summed E-state index contributed by atoms with van der Waals surface area (Å²) in [6.07, 6.45) is 2.20. The lowest BCUT2D eigenvalue weighted by molar-refractivity contribution is 0.178. The van der Waals surface area contributed by atoms with Gasteiger partial charge in [-0.3, -0.25) is 4.90 Å². The van der Waals surface area contributed by atoms with Gasteiger partial charge in [-0.1, -0.05) is 0 Å². The highest BCUT2D eigenvalue weighted by Gasteiger charge is 2.44. The fourth-order valence-corrected chi connectivity index (χ4v) is 1.99. The molecule has 2 heterocycles. The summed E-state index contributed by atoms with van der Waals surface area (Å²) in [7, 11) is 0. The Balaban J connectivity index is 1.93. The van der Waals surface area contributed by atoms with E-state index in [0.29, 0.717) is 12.5 Å².